The zero-order valence-electron chi connectivity index (χ0n) is 17.7. The molecule has 1 aromatic heterocycles. The number of hydrogen-bond donors (Lipinski definition) is 0. The predicted molar refractivity (Wildman–Crippen MR) is 117 cm³/mol. The molecule has 0 amide bonds. The third-order valence-corrected chi connectivity index (χ3v) is 5.20. The topological polar surface area (TPSA) is 48.4 Å². The molecule has 0 aliphatic carbocycles. The van der Waals surface area contributed by atoms with Gasteiger partial charge in [-0.3, -0.25) is 4.79 Å². The van der Waals surface area contributed by atoms with Gasteiger partial charge in [0.25, 0.3) is 0 Å². The summed E-state index contributed by atoms with van der Waals surface area (Å²) in [5.41, 5.74) is 3.73. The van der Waals surface area contributed by atoms with Crippen molar-refractivity contribution in [3.63, 3.8) is 0 Å². The van der Waals surface area contributed by atoms with E-state index >= 15 is 0 Å². The lowest BCUT2D eigenvalue weighted by atomic mass is 9.87. The number of methoxy groups -OCH3 is 1. The number of carbonyl (C=O) groups is 1. The Kier molecular flexibility index (Phi) is 6.53. The van der Waals surface area contributed by atoms with E-state index in [9.17, 15) is 4.79 Å². The third-order valence-electron chi connectivity index (χ3n) is 5.20. The number of pyridine rings is 1. The Bertz CT molecular complexity index is 980. The van der Waals surface area contributed by atoms with Crippen molar-refractivity contribution < 1.29 is 14.3 Å². The molecule has 3 aromatic rings. The van der Waals surface area contributed by atoms with Gasteiger partial charge in [0, 0.05) is 10.9 Å². The average molecular weight is 392 g/mol. The van der Waals surface area contributed by atoms with Gasteiger partial charge in [-0.1, -0.05) is 42.5 Å². The Balaban J connectivity index is 1.74. The Labute approximate surface area is 172 Å². The first-order valence-electron chi connectivity index (χ1n) is 10.1. The maximum Gasteiger partial charge on any atom is 0.311 e. The van der Waals surface area contributed by atoms with Gasteiger partial charge in [-0.15, -0.1) is 0 Å². The molecule has 4 heteroatoms. The summed E-state index contributed by atoms with van der Waals surface area (Å²) >= 11 is 0. The number of fused-ring (bicyclic) bond motifs is 1. The molecule has 0 N–H and O–H groups in total. The minimum Gasteiger partial charge on any atom is -0.477 e. The SMILES string of the molecule is COC(=O)C(C)(C)CCCCOc1nc2cc(C)ccc2cc1-c1ccccc1. The molecule has 0 saturated heterocycles. The highest BCUT2D eigenvalue weighted by molar-refractivity contribution is 5.86. The lowest BCUT2D eigenvalue weighted by Crippen LogP contribution is -2.25. The Morgan fingerprint density at radius 2 is 1.79 bits per heavy atom. The van der Waals surface area contributed by atoms with Crippen LogP contribution in [0.2, 0.25) is 0 Å². The molecule has 0 bridgehead atoms. The fourth-order valence-electron chi connectivity index (χ4n) is 3.41. The van der Waals surface area contributed by atoms with Crippen molar-refractivity contribution >= 4 is 16.9 Å². The first-order chi connectivity index (χ1) is 13.9. The summed E-state index contributed by atoms with van der Waals surface area (Å²) in [5.74, 6) is 0.484. The van der Waals surface area contributed by atoms with Crippen LogP contribution < -0.4 is 4.74 Å². The number of benzene rings is 2. The van der Waals surface area contributed by atoms with E-state index < -0.39 is 5.41 Å². The molecule has 4 nitrogen and oxygen atoms in total. The van der Waals surface area contributed by atoms with Gasteiger partial charge in [0.1, 0.15) is 0 Å². The zero-order valence-corrected chi connectivity index (χ0v) is 17.7. The smallest absolute Gasteiger partial charge is 0.311 e. The van der Waals surface area contributed by atoms with Crippen LogP contribution in [0.4, 0.5) is 0 Å². The largest absolute Gasteiger partial charge is 0.477 e. The van der Waals surface area contributed by atoms with Crippen molar-refractivity contribution in [3.8, 4) is 17.0 Å². The molecule has 29 heavy (non-hydrogen) atoms. The minimum absolute atomic E-state index is 0.170. The molecule has 0 spiro atoms. The normalized spacial score (nSPS) is 11.4. The van der Waals surface area contributed by atoms with Gasteiger partial charge in [0.05, 0.1) is 24.6 Å². The fourth-order valence-corrected chi connectivity index (χ4v) is 3.41. The summed E-state index contributed by atoms with van der Waals surface area (Å²) in [4.78, 5) is 16.6. The highest BCUT2D eigenvalue weighted by Crippen LogP contribution is 2.32. The van der Waals surface area contributed by atoms with Crippen LogP contribution in [0.25, 0.3) is 22.0 Å². The number of esters is 1. The quantitative estimate of drug-likeness (QED) is 0.351. The number of aromatic nitrogens is 1. The van der Waals surface area contributed by atoms with Crippen LogP contribution in [0.15, 0.2) is 54.6 Å². The van der Waals surface area contributed by atoms with Crippen molar-refractivity contribution in [1.82, 2.24) is 4.98 Å². The Morgan fingerprint density at radius 3 is 2.52 bits per heavy atom. The van der Waals surface area contributed by atoms with Gasteiger partial charge in [-0.25, -0.2) is 4.98 Å². The molecule has 0 fully saturated rings. The molecule has 152 valence electrons. The molecule has 0 aliphatic heterocycles. The molecule has 0 aliphatic rings. The molecule has 2 aromatic carbocycles. The molecular formula is C25H29NO3. The van der Waals surface area contributed by atoms with Crippen LogP contribution in [0, 0.1) is 12.3 Å². The van der Waals surface area contributed by atoms with E-state index in [2.05, 4.69) is 43.3 Å². The van der Waals surface area contributed by atoms with Crippen LogP contribution in [0.5, 0.6) is 5.88 Å². The molecule has 0 saturated carbocycles. The minimum atomic E-state index is -0.470. The molecular weight excluding hydrogens is 362 g/mol. The third kappa shape index (κ3) is 5.14. The van der Waals surface area contributed by atoms with Gasteiger partial charge >= 0.3 is 5.97 Å². The predicted octanol–water partition coefficient (Wildman–Crippen LogP) is 5.96. The average Bonchev–Trinajstić information content (AvgIpc) is 2.72. The second-order valence-corrected chi connectivity index (χ2v) is 8.08. The number of nitrogens with zero attached hydrogens (tertiary/aromatic N) is 1. The van der Waals surface area contributed by atoms with E-state index in [-0.39, 0.29) is 5.97 Å². The van der Waals surface area contributed by atoms with Crippen LogP contribution in [0.3, 0.4) is 0 Å². The van der Waals surface area contributed by atoms with Crippen LogP contribution in [-0.2, 0) is 9.53 Å². The van der Waals surface area contributed by atoms with Crippen molar-refractivity contribution in [2.75, 3.05) is 13.7 Å². The van der Waals surface area contributed by atoms with Gasteiger partial charge in [0.2, 0.25) is 5.88 Å². The second kappa shape index (κ2) is 9.08. The van der Waals surface area contributed by atoms with Crippen molar-refractivity contribution in [1.29, 1.82) is 0 Å². The van der Waals surface area contributed by atoms with E-state index in [1.165, 1.54) is 12.7 Å². The van der Waals surface area contributed by atoms with Crippen molar-refractivity contribution in [2.45, 2.75) is 40.0 Å². The first kappa shape index (κ1) is 20.8. The van der Waals surface area contributed by atoms with E-state index in [0.717, 1.165) is 41.3 Å². The van der Waals surface area contributed by atoms with Crippen LogP contribution >= 0.6 is 0 Å². The molecule has 0 atom stereocenters. The van der Waals surface area contributed by atoms with E-state index in [4.69, 9.17) is 14.5 Å². The van der Waals surface area contributed by atoms with Gasteiger partial charge < -0.3 is 9.47 Å². The Morgan fingerprint density at radius 1 is 1.03 bits per heavy atom. The summed E-state index contributed by atoms with van der Waals surface area (Å²) in [6.45, 7) is 6.46. The standard InChI is InChI=1S/C25H29NO3/c1-18-12-13-20-17-21(19-10-6-5-7-11-19)23(26-22(20)16-18)29-15-9-8-14-25(2,3)24(27)28-4/h5-7,10-13,16-17H,8-9,14-15H2,1-4H3. The summed E-state index contributed by atoms with van der Waals surface area (Å²) in [5, 5.41) is 1.10. The van der Waals surface area contributed by atoms with Gasteiger partial charge in [0.15, 0.2) is 0 Å². The Hall–Kier alpha value is -2.88. The lowest BCUT2D eigenvalue weighted by Gasteiger charge is -2.21. The number of aryl methyl sites for hydroxylation is 1. The maximum absolute atomic E-state index is 11.8. The maximum atomic E-state index is 11.8. The van der Waals surface area contributed by atoms with E-state index in [1.807, 2.05) is 32.0 Å². The molecule has 1 heterocycles. The molecule has 3 rings (SSSR count). The fraction of sp³-hybridized carbons (Fsp3) is 0.360. The molecule has 0 unspecified atom stereocenters. The summed E-state index contributed by atoms with van der Waals surface area (Å²) in [7, 11) is 1.44. The van der Waals surface area contributed by atoms with Gasteiger partial charge in [-0.05, 0) is 63.3 Å². The monoisotopic (exact) mass is 391 g/mol. The van der Waals surface area contributed by atoms with Crippen molar-refractivity contribution in [3.05, 3.63) is 60.2 Å². The number of carbonyl (C=O) groups excluding carboxylic acids is 1. The number of rotatable bonds is 8. The van der Waals surface area contributed by atoms with Crippen molar-refractivity contribution in [2.24, 2.45) is 5.41 Å². The summed E-state index contributed by atoms with van der Waals surface area (Å²) in [6, 6.07) is 18.6. The van der Waals surface area contributed by atoms with E-state index in [0.29, 0.717) is 12.5 Å². The van der Waals surface area contributed by atoms with Crippen LogP contribution in [0.1, 0.15) is 38.7 Å². The summed E-state index contributed by atoms with van der Waals surface area (Å²) < 4.78 is 11.0. The van der Waals surface area contributed by atoms with Gasteiger partial charge in [-0.2, -0.15) is 0 Å². The highest BCUT2D eigenvalue weighted by atomic mass is 16.5. The summed E-state index contributed by atoms with van der Waals surface area (Å²) in [6.07, 6.45) is 2.50. The lowest BCUT2D eigenvalue weighted by molar-refractivity contribution is -0.151. The molecule has 0 radical (unpaired) electrons. The number of ether oxygens (including phenoxy) is 2. The van der Waals surface area contributed by atoms with Crippen LogP contribution in [-0.4, -0.2) is 24.7 Å². The second-order valence-electron chi connectivity index (χ2n) is 8.08. The first-order valence-corrected chi connectivity index (χ1v) is 10.1. The number of unbranched alkanes of at least 4 members (excludes halogenated alkanes) is 1. The zero-order chi connectivity index (χ0) is 20.9. The number of hydrogen-bond acceptors (Lipinski definition) is 4. The highest BCUT2D eigenvalue weighted by Gasteiger charge is 2.27. The van der Waals surface area contributed by atoms with E-state index in [1.54, 1.807) is 0 Å².